The summed E-state index contributed by atoms with van der Waals surface area (Å²) in [6.45, 7) is 2.60. The van der Waals surface area contributed by atoms with Crippen molar-refractivity contribution in [3.05, 3.63) is 89.2 Å². The van der Waals surface area contributed by atoms with Crippen LogP contribution in [0, 0.1) is 6.92 Å². The number of pyridine rings is 1. The van der Waals surface area contributed by atoms with Gasteiger partial charge in [0.2, 0.25) is 12.7 Å². The van der Waals surface area contributed by atoms with Crippen LogP contribution >= 0.6 is 0 Å². The highest BCUT2D eigenvalue weighted by Crippen LogP contribution is 2.37. The molecule has 1 N–H and O–H groups in total. The maximum absolute atomic E-state index is 12.7. The van der Waals surface area contributed by atoms with Gasteiger partial charge < -0.3 is 14.8 Å². The van der Waals surface area contributed by atoms with Crippen molar-refractivity contribution in [3.63, 3.8) is 0 Å². The first kappa shape index (κ1) is 18.0. The van der Waals surface area contributed by atoms with Crippen LogP contribution in [0.3, 0.4) is 0 Å². The fourth-order valence-corrected chi connectivity index (χ4v) is 3.39. The van der Waals surface area contributed by atoms with Crippen LogP contribution in [0.4, 0.5) is 0 Å². The Morgan fingerprint density at radius 2 is 1.82 bits per heavy atom. The van der Waals surface area contributed by atoms with E-state index in [2.05, 4.69) is 10.3 Å². The zero-order valence-corrected chi connectivity index (χ0v) is 15.7. The number of aromatic nitrogens is 1. The summed E-state index contributed by atoms with van der Waals surface area (Å²) in [7, 11) is 0. The number of aryl methyl sites for hydroxylation is 1. The first-order valence-electron chi connectivity index (χ1n) is 9.33. The van der Waals surface area contributed by atoms with Gasteiger partial charge in [0, 0.05) is 18.0 Å². The van der Waals surface area contributed by atoms with E-state index in [-0.39, 0.29) is 18.6 Å². The van der Waals surface area contributed by atoms with E-state index in [9.17, 15) is 4.79 Å². The number of amides is 1. The molecule has 0 fully saturated rings. The summed E-state index contributed by atoms with van der Waals surface area (Å²) in [5, 5.41) is 2.99. The van der Waals surface area contributed by atoms with Crippen molar-refractivity contribution in [3.8, 4) is 11.5 Å². The van der Waals surface area contributed by atoms with Crippen molar-refractivity contribution < 1.29 is 14.3 Å². The monoisotopic (exact) mass is 374 g/mol. The van der Waals surface area contributed by atoms with E-state index in [1.807, 2.05) is 73.7 Å². The van der Waals surface area contributed by atoms with E-state index in [1.54, 1.807) is 0 Å². The summed E-state index contributed by atoms with van der Waals surface area (Å²) in [4.78, 5) is 17.1. The number of hydrogen-bond acceptors (Lipinski definition) is 4. The summed E-state index contributed by atoms with van der Waals surface area (Å²) in [6.07, 6.45) is 0.343. The van der Waals surface area contributed by atoms with Gasteiger partial charge in [-0.1, -0.05) is 42.5 Å². The number of ether oxygens (including phenoxy) is 2. The molecule has 5 nitrogen and oxygen atoms in total. The highest BCUT2D eigenvalue weighted by Gasteiger charge is 2.22. The lowest BCUT2D eigenvalue weighted by molar-refractivity contribution is -0.121. The highest BCUT2D eigenvalue weighted by atomic mass is 16.7. The van der Waals surface area contributed by atoms with E-state index in [4.69, 9.17) is 9.47 Å². The van der Waals surface area contributed by atoms with Gasteiger partial charge in [0.1, 0.15) is 0 Å². The maximum atomic E-state index is 12.7. The lowest BCUT2D eigenvalue weighted by atomic mass is 9.88. The molecule has 1 amide bonds. The Bertz CT molecular complexity index is 973. The van der Waals surface area contributed by atoms with Gasteiger partial charge >= 0.3 is 0 Å². The van der Waals surface area contributed by atoms with Gasteiger partial charge in [0.25, 0.3) is 0 Å². The first-order valence-corrected chi connectivity index (χ1v) is 9.33. The van der Waals surface area contributed by atoms with Crippen LogP contribution in [0.2, 0.25) is 0 Å². The molecule has 1 aliphatic rings. The van der Waals surface area contributed by atoms with Crippen LogP contribution < -0.4 is 14.8 Å². The van der Waals surface area contributed by atoms with Crippen molar-refractivity contribution in [1.29, 1.82) is 0 Å². The second-order valence-corrected chi connectivity index (χ2v) is 6.83. The summed E-state index contributed by atoms with van der Waals surface area (Å²) in [5.74, 6) is 1.38. The predicted octanol–water partition coefficient (Wildman–Crippen LogP) is 3.96. The van der Waals surface area contributed by atoms with Crippen molar-refractivity contribution in [2.45, 2.75) is 25.8 Å². The number of hydrogen-bond donors (Lipinski definition) is 1. The molecule has 28 heavy (non-hydrogen) atoms. The second-order valence-electron chi connectivity index (χ2n) is 6.83. The van der Waals surface area contributed by atoms with Gasteiger partial charge in [0.05, 0.1) is 12.2 Å². The fourth-order valence-electron chi connectivity index (χ4n) is 3.39. The Kier molecular flexibility index (Phi) is 5.24. The van der Waals surface area contributed by atoms with E-state index < -0.39 is 0 Å². The average Bonchev–Trinajstić information content (AvgIpc) is 3.19. The first-order chi connectivity index (χ1) is 13.7. The molecule has 2 aromatic carbocycles. The van der Waals surface area contributed by atoms with E-state index in [0.717, 1.165) is 34.0 Å². The SMILES string of the molecule is Cc1cccc(CNC(=O)C[C@H](c2ccccc2)c2ccc3c(c2)OCO3)n1. The molecule has 0 radical (unpaired) electrons. The largest absolute Gasteiger partial charge is 0.454 e. The van der Waals surface area contributed by atoms with Crippen LogP contribution in [0.15, 0.2) is 66.7 Å². The van der Waals surface area contributed by atoms with Crippen LogP contribution in [-0.4, -0.2) is 17.7 Å². The van der Waals surface area contributed by atoms with Gasteiger partial charge in [-0.2, -0.15) is 0 Å². The molecule has 0 saturated heterocycles. The molecule has 0 unspecified atom stereocenters. The molecule has 0 saturated carbocycles. The number of nitrogens with zero attached hydrogens (tertiary/aromatic N) is 1. The van der Waals surface area contributed by atoms with E-state index in [1.165, 1.54) is 0 Å². The molecule has 142 valence electrons. The van der Waals surface area contributed by atoms with Crippen molar-refractivity contribution in [2.75, 3.05) is 6.79 Å². The normalized spacial score (nSPS) is 13.2. The Morgan fingerprint density at radius 3 is 2.64 bits per heavy atom. The summed E-state index contributed by atoms with van der Waals surface area (Å²) < 4.78 is 10.9. The van der Waals surface area contributed by atoms with Crippen LogP contribution in [-0.2, 0) is 11.3 Å². The third-order valence-electron chi connectivity index (χ3n) is 4.80. The third kappa shape index (κ3) is 4.14. The Hall–Kier alpha value is -3.34. The molecule has 1 atom stereocenters. The average molecular weight is 374 g/mol. The minimum atomic E-state index is -0.0684. The number of rotatable bonds is 6. The number of fused-ring (bicyclic) bond motifs is 1. The topological polar surface area (TPSA) is 60.5 Å². The van der Waals surface area contributed by atoms with Crippen LogP contribution in [0.25, 0.3) is 0 Å². The predicted molar refractivity (Wildman–Crippen MR) is 106 cm³/mol. The molecule has 0 spiro atoms. The molecule has 5 heteroatoms. The summed E-state index contributed by atoms with van der Waals surface area (Å²) in [6, 6.07) is 21.7. The second kappa shape index (κ2) is 8.13. The highest BCUT2D eigenvalue weighted by molar-refractivity contribution is 5.77. The lowest BCUT2D eigenvalue weighted by Crippen LogP contribution is -2.25. The fraction of sp³-hybridized carbons (Fsp3) is 0.217. The van der Waals surface area contributed by atoms with Gasteiger partial charge in [-0.15, -0.1) is 0 Å². The lowest BCUT2D eigenvalue weighted by Gasteiger charge is -2.18. The smallest absolute Gasteiger partial charge is 0.231 e. The number of carbonyl (C=O) groups excluding carboxylic acids is 1. The van der Waals surface area contributed by atoms with Gasteiger partial charge in [-0.05, 0) is 42.3 Å². The molecule has 4 rings (SSSR count). The minimum absolute atomic E-state index is 0.0187. The quantitative estimate of drug-likeness (QED) is 0.710. The maximum Gasteiger partial charge on any atom is 0.231 e. The molecule has 1 aliphatic heterocycles. The summed E-state index contributed by atoms with van der Waals surface area (Å²) in [5.41, 5.74) is 3.91. The Morgan fingerprint density at radius 1 is 1.00 bits per heavy atom. The van der Waals surface area contributed by atoms with Crippen molar-refractivity contribution in [1.82, 2.24) is 10.3 Å². The summed E-state index contributed by atoms with van der Waals surface area (Å²) >= 11 is 0. The molecular formula is C23H22N2O3. The molecule has 1 aromatic heterocycles. The van der Waals surface area contributed by atoms with E-state index in [0.29, 0.717) is 13.0 Å². The standard InChI is InChI=1S/C23H22N2O3/c1-16-6-5-9-19(25-16)14-24-23(26)13-20(17-7-3-2-4-8-17)18-10-11-21-22(12-18)28-15-27-21/h2-12,20H,13-15H2,1H3,(H,24,26)/t20-/m1/s1. The van der Waals surface area contributed by atoms with Crippen molar-refractivity contribution in [2.24, 2.45) is 0 Å². The molecule has 2 heterocycles. The van der Waals surface area contributed by atoms with Crippen LogP contribution in [0.1, 0.15) is 34.9 Å². The Balaban J connectivity index is 1.52. The zero-order valence-electron chi connectivity index (χ0n) is 15.7. The van der Waals surface area contributed by atoms with Gasteiger partial charge in [-0.25, -0.2) is 0 Å². The van der Waals surface area contributed by atoms with E-state index >= 15 is 0 Å². The van der Waals surface area contributed by atoms with Gasteiger partial charge in [-0.3, -0.25) is 9.78 Å². The molecule has 0 bridgehead atoms. The molecule has 3 aromatic rings. The van der Waals surface area contributed by atoms with Gasteiger partial charge in [0.15, 0.2) is 11.5 Å². The van der Waals surface area contributed by atoms with Crippen molar-refractivity contribution >= 4 is 5.91 Å². The number of nitrogens with one attached hydrogen (secondary N) is 1. The number of benzene rings is 2. The molecular weight excluding hydrogens is 352 g/mol. The third-order valence-corrected chi connectivity index (χ3v) is 4.80. The Labute approximate surface area is 164 Å². The zero-order chi connectivity index (χ0) is 19.3. The number of carbonyl (C=O) groups is 1. The van der Waals surface area contributed by atoms with Crippen LogP contribution in [0.5, 0.6) is 11.5 Å². The molecule has 0 aliphatic carbocycles. The minimum Gasteiger partial charge on any atom is -0.454 e.